The van der Waals surface area contributed by atoms with Crippen LogP contribution in [-0.4, -0.2) is 39.4 Å². The summed E-state index contributed by atoms with van der Waals surface area (Å²) < 4.78 is 0. The van der Waals surface area contributed by atoms with Gasteiger partial charge in [-0.1, -0.05) is 66.2 Å². The van der Waals surface area contributed by atoms with Crippen LogP contribution in [0.25, 0.3) is 0 Å². The minimum atomic E-state index is -1.33. The monoisotopic (exact) mass is 553 g/mol. The molecular weight excluding hydrogens is 534 g/mol. The number of ketones is 1. The molecule has 0 radical (unpaired) electrons. The van der Waals surface area contributed by atoms with Crippen LogP contribution in [0.3, 0.4) is 0 Å². The van der Waals surface area contributed by atoms with Crippen molar-refractivity contribution in [3.05, 3.63) is 140 Å². The number of nitro groups is 1. The minimum Gasteiger partial charge on any atom is -0.324 e. The summed E-state index contributed by atoms with van der Waals surface area (Å²) in [6.45, 7) is 0. The number of carbonyl (C=O) groups is 4. The first-order valence-electron chi connectivity index (χ1n) is 12.1. The molecule has 1 atom stereocenters. The molecule has 0 spiro atoms. The van der Waals surface area contributed by atoms with Crippen molar-refractivity contribution in [2.24, 2.45) is 0 Å². The molecule has 3 amide bonds. The Morgan fingerprint density at radius 3 is 2.05 bits per heavy atom. The highest BCUT2D eigenvalue weighted by Crippen LogP contribution is 2.29. The largest absolute Gasteiger partial charge is 0.324 e. The average Bonchev–Trinajstić information content (AvgIpc) is 3.22. The van der Waals surface area contributed by atoms with E-state index in [-0.39, 0.29) is 45.3 Å². The Morgan fingerprint density at radius 2 is 1.45 bits per heavy atom. The number of amides is 3. The molecule has 40 heavy (non-hydrogen) atoms. The molecule has 0 fully saturated rings. The Balaban J connectivity index is 1.51. The number of nitro benzene ring substituents is 1. The van der Waals surface area contributed by atoms with Gasteiger partial charge in [0, 0.05) is 34.7 Å². The van der Waals surface area contributed by atoms with Crippen LogP contribution in [-0.2, 0) is 11.2 Å². The van der Waals surface area contributed by atoms with E-state index in [2.05, 4.69) is 5.32 Å². The SMILES string of the molecule is O=C(c1ccccc1)c1cc(Cl)ccc1NC(=O)C(Cc1ccc([N+](=O)[O-])cc1)N1C(=O)c2ccccc2C1=O. The van der Waals surface area contributed by atoms with Gasteiger partial charge in [0.15, 0.2) is 5.78 Å². The van der Waals surface area contributed by atoms with Crippen molar-refractivity contribution in [3.63, 3.8) is 0 Å². The van der Waals surface area contributed by atoms with Crippen LogP contribution in [0, 0.1) is 10.1 Å². The zero-order valence-corrected chi connectivity index (χ0v) is 21.5. The predicted molar refractivity (Wildman–Crippen MR) is 147 cm³/mol. The Morgan fingerprint density at radius 1 is 0.850 bits per heavy atom. The first-order chi connectivity index (χ1) is 19.2. The second-order valence-electron chi connectivity index (χ2n) is 9.04. The molecule has 1 unspecified atom stereocenters. The Labute approximate surface area is 233 Å². The van der Waals surface area contributed by atoms with Crippen molar-refractivity contribution in [2.75, 3.05) is 5.32 Å². The van der Waals surface area contributed by atoms with E-state index in [4.69, 9.17) is 11.6 Å². The second-order valence-corrected chi connectivity index (χ2v) is 9.48. The number of anilines is 1. The molecule has 1 N–H and O–H groups in total. The highest BCUT2D eigenvalue weighted by atomic mass is 35.5. The van der Waals surface area contributed by atoms with E-state index in [0.29, 0.717) is 11.1 Å². The summed E-state index contributed by atoms with van der Waals surface area (Å²) in [5.41, 5.74) is 1.33. The second kappa shape index (κ2) is 10.9. The van der Waals surface area contributed by atoms with Crippen molar-refractivity contribution in [3.8, 4) is 0 Å². The molecule has 198 valence electrons. The molecular formula is C30H20ClN3O6. The molecule has 0 bridgehead atoms. The number of fused-ring (bicyclic) bond motifs is 1. The zero-order chi connectivity index (χ0) is 28.4. The molecule has 1 heterocycles. The molecule has 1 aliphatic rings. The molecule has 0 aromatic heterocycles. The van der Waals surface area contributed by atoms with E-state index in [0.717, 1.165) is 4.90 Å². The Bertz CT molecular complexity index is 1640. The maximum Gasteiger partial charge on any atom is 0.269 e. The van der Waals surface area contributed by atoms with Gasteiger partial charge in [-0.2, -0.15) is 0 Å². The quantitative estimate of drug-likeness (QED) is 0.136. The Kier molecular flexibility index (Phi) is 7.22. The lowest BCUT2D eigenvalue weighted by molar-refractivity contribution is -0.384. The molecule has 4 aromatic carbocycles. The average molecular weight is 554 g/mol. The van der Waals surface area contributed by atoms with Crippen LogP contribution in [0.5, 0.6) is 0 Å². The van der Waals surface area contributed by atoms with Crippen molar-refractivity contribution >= 4 is 46.5 Å². The first-order valence-corrected chi connectivity index (χ1v) is 12.5. The molecule has 0 saturated heterocycles. The fraction of sp³-hybridized carbons (Fsp3) is 0.0667. The normalized spacial score (nSPS) is 13.1. The number of hydrogen-bond acceptors (Lipinski definition) is 6. The molecule has 0 saturated carbocycles. The highest BCUT2D eigenvalue weighted by molar-refractivity contribution is 6.31. The van der Waals surface area contributed by atoms with E-state index in [1.807, 2.05) is 0 Å². The van der Waals surface area contributed by atoms with Gasteiger partial charge in [0.05, 0.1) is 21.7 Å². The van der Waals surface area contributed by atoms with Crippen LogP contribution in [0.15, 0.2) is 97.1 Å². The van der Waals surface area contributed by atoms with E-state index >= 15 is 0 Å². The third-order valence-corrected chi connectivity index (χ3v) is 6.77. The summed E-state index contributed by atoms with van der Waals surface area (Å²) in [6, 6.07) is 23.3. The van der Waals surface area contributed by atoms with Crippen LogP contribution >= 0.6 is 11.6 Å². The molecule has 1 aliphatic heterocycles. The van der Waals surface area contributed by atoms with Crippen LogP contribution in [0.2, 0.25) is 5.02 Å². The first kappa shape index (κ1) is 26.5. The molecule has 9 nitrogen and oxygen atoms in total. The van der Waals surface area contributed by atoms with Gasteiger partial charge in [-0.25, -0.2) is 0 Å². The third kappa shape index (κ3) is 5.10. The van der Waals surface area contributed by atoms with Crippen molar-refractivity contribution in [1.29, 1.82) is 0 Å². The van der Waals surface area contributed by atoms with Gasteiger partial charge in [0.2, 0.25) is 5.91 Å². The van der Waals surface area contributed by atoms with Gasteiger partial charge in [-0.15, -0.1) is 0 Å². The highest BCUT2D eigenvalue weighted by Gasteiger charge is 2.43. The number of halogens is 1. The Hall–Kier alpha value is -5.15. The van der Waals surface area contributed by atoms with Gasteiger partial charge in [-0.05, 0) is 35.9 Å². The molecule has 4 aromatic rings. The summed E-state index contributed by atoms with van der Waals surface area (Å²) in [6.07, 6.45) is -0.120. The minimum absolute atomic E-state index is 0.120. The summed E-state index contributed by atoms with van der Waals surface area (Å²) in [5.74, 6) is -2.39. The topological polar surface area (TPSA) is 127 Å². The number of carbonyl (C=O) groups excluding carboxylic acids is 4. The lowest BCUT2D eigenvalue weighted by Crippen LogP contribution is -2.48. The lowest BCUT2D eigenvalue weighted by Gasteiger charge is -2.26. The van der Waals surface area contributed by atoms with E-state index < -0.39 is 28.7 Å². The maximum atomic E-state index is 13.8. The number of benzene rings is 4. The number of nitrogens with zero attached hydrogens (tertiary/aromatic N) is 2. The fourth-order valence-corrected chi connectivity index (χ4v) is 4.72. The van der Waals surface area contributed by atoms with Gasteiger partial charge in [-0.3, -0.25) is 34.2 Å². The van der Waals surface area contributed by atoms with Crippen molar-refractivity contribution in [1.82, 2.24) is 4.90 Å². The number of rotatable bonds is 8. The summed E-state index contributed by atoms with van der Waals surface area (Å²) in [7, 11) is 0. The van der Waals surface area contributed by atoms with E-state index in [1.165, 1.54) is 54.6 Å². The number of imide groups is 1. The van der Waals surface area contributed by atoms with Gasteiger partial charge in [0.25, 0.3) is 17.5 Å². The smallest absolute Gasteiger partial charge is 0.269 e. The predicted octanol–water partition coefficient (Wildman–Crippen LogP) is 5.33. The van der Waals surface area contributed by atoms with E-state index in [9.17, 15) is 29.3 Å². The van der Waals surface area contributed by atoms with Gasteiger partial charge < -0.3 is 5.32 Å². The molecule has 5 rings (SSSR count). The summed E-state index contributed by atoms with van der Waals surface area (Å²) in [4.78, 5) is 65.1. The standard InChI is InChI=1S/C30H20ClN3O6/c31-20-12-15-25(24(17-20)27(35)19-6-2-1-3-7-19)32-28(36)26(16-18-10-13-21(14-11-18)34(39)40)33-29(37)22-8-4-5-9-23(22)30(33)38/h1-15,17,26H,16H2,(H,32,36). The lowest BCUT2D eigenvalue weighted by atomic mass is 10.0. The maximum absolute atomic E-state index is 13.8. The number of nitrogens with one attached hydrogen (secondary N) is 1. The van der Waals surface area contributed by atoms with Crippen molar-refractivity contribution in [2.45, 2.75) is 12.5 Å². The van der Waals surface area contributed by atoms with E-state index in [1.54, 1.807) is 42.5 Å². The van der Waals surface area contributed by atoms with Crippen molar-refractivity contribution < 1.29 is 24.1 Å². The van der Waals surface area contributed by atoms with Gasteiger partial charge >= 0.3 is 0 Å². The van der Waals surface area contributed by atoms with Crippen LogP contribution < -0.4 is 5.32 Å². The third-order valence-electron chi connectivity index (χ3n) is 6.54. The van der Waals surface area contributed by atoms with Crippen LogP contribution in [0.4, 0.5) is 11.4 Å². The zero-order valence-electron chi connectivity index (χ0n) is 20.7. The summed E-state index contributed by atoms with van der Waals surface area (Å²) in [5, 5.41) is 14.1. The van der Waals surface area contributed by atoms with Gasteiger partial charge in [0.1, 0.15) is 6.04 Å². The molecule has 10 heteroatoms. The fourth-order valence-electron chi connectivity index (χ4n) is 4.54. The number of hydrogen-bond donors (Lipinski definition) is 1. The molecule has 0 aliphatic carbocycles. The van der Waals surface area contributed by atoms with Crippen LogP contribution in [0.1, 0.15) is 42.2 Å². The number of non-ortho nitro benzene ring substituents is 1. The summed E-state index contributed by atoms with van der Waals surface area (Å²) >= 11 is 6.17.